The maximum Gasteiger partial charge on any atom is 0.223 e. The number of hydrogen-bond donors (Lipinski definition) is 1. The van der Waals surface area contributed by atoms with Gasteiger partial charge in [0.2, 0.25) is 5.91 Å². The second-order valence-electron chi connectivity index (χ2n) is 8.74. The van der Waals surface area contributed by atoms with Crippen LogP contribution in [0.4, 0.5) is 11.4 Å². The smallest absolute Gasteiger partial charge is 0.223 e. The van der Waals surface area contributed by atoms with Crippen LogP contribution in [0, 0.1) is 12.8 Å². The molecule has 172 valence electrons. The zero-order chi connectivity index (χ0) is 22.6. The van der Waals surface area contributed by atoms with E-state index in [1.807, 2.05) is 18.7 Å². The molecule has 5 rings (SSSR count). The van der Waals surface area contributed by atoms with E-state index in [0.717, 1.165) is 56.1 Å². The molecular weight excluding hydrogens is 448 g/mol. The predicted molar refractivity (Wildman–Crippen MR) is 136 cm³/mol. The van der Waals surface area contributed by atoms with Crippen molar-refractivity contribution in [3.63, 3.8) is 0 Å². The summed E-state index contributed by atoms with van der Waals surface area (Å²) in [5, 5.41) is 6.47. The second-order valence-corrected chi connectivity index (χ2v) is 10.9. The molecule has 7 heteroatoms. The van der Waals surface area contributed by atoms with E-state index in [-0.39, 0.29) is 11.8 Å². The summed E-state index contributed by atoms with van der Waals surface area (Å²) in [6.45, 7) is 6.48. The first-order chi connectivity index (χ1) is 16.2. The van der Waals surface area contributed by atoms with Gasteiger partial charge in [-0.2, -0.15) is 0 Å². The molecule has 2 aliphatic heterocycles. The highest BCUT2D eigenvalue weighted by molar-refractivity contribution is 7.99. The molecule has 3 heterocycles. The Morgan fingerprint density at radius 3 is 2.36 bits per heavy atom. The Kier molecular flexibility index (Phi) is 6.99. The van der Waals surface area contributed by atoms with E-state index in [2.05, 4.69) is 74.0 Å². The zero-order valence-electron chi connectivity index (χ0n) is 19.0. The van der Waals surface area contributed by atoms with Crippen molar-refractivity contribution >= 4 is 40.4 Å². The van der Waals surface area contributed by atoms with Gasteiger partial charge in [0.1, 0.15) is 0 Å². The fourth-order valence-electron chi connectivity index (χ4n) is 4.68. The molecule has 1 fully saturated rings. The van der Waals surface area contributed by atoms with Crippen molar-refractivity contribution in [2.75, 3.05) is 31.1 Å². The van der Waals surface area contributed by atoms with Crippen molar-refractivity contribution in [3.8, 4) is 0 Å². The summed E-state index contributed by atoms with van der Waals surface area (Å²) < 4.78 is 0. The van der Waals surface area contributed by atoms with Gasteiger partial charge in [0, 0.05) is 40.7 Å². The lowest BCUT2D eigenvalue weighted by Gasteiger charge is -2.33. The maximum atomic E-state index is 12.8. The van der Waals surface area contributed by atoms with Crippen LogP contribution in [0.5, 0.6) is 0 Å². The fourth-order valence-corrected chi connectivity index (χ4v) is 6.38. The summed E-state index contributed by atoms with van der Waals surface area (Å²) in [5.41, 5.74) is 3.67. The highest BCUT2D eigenvalue weighted by Crippen LogP contribution is 2.47. The molecule has 0 unspecified atom stereocenters. The lowest BCUT2D eigenvalue weighted by molar-refractivity contribution is -0.126. The van der Waals surface area contributed by atoms with Gasteiger partial charge in [-0.25, -0.2) is 4.98 Å². The Balaban J connectivity index is 1.09. The summed E-state index contributed by atoms with van der Waals surface area (Å²) in [6.07, 6.45) is 2.78. The molecule has 33 heavy (non-hydrogen) atoms. The number of carbonyl (C=O) groups is 1. The number of benzene rings is 2. The van der Waals surface area contributed by atoms with Gasteiger partial charge < -0.3 is 10.2 Å². The van der Waals surface area contributed by atoms with Crippen LogP contribution in [0.3, 0.4) is 0 Å². The first-order valence-corrected chi connectivity index (χ1v) is 13.4. The number of carbonyl (C=O) groups excluding carboxylic acids is 1. The number of hydrogen-bond acceptors (Lipinski definition) is 6. The second kappa shape index (κ2) is 10.3. The highest BCUT2D eigenvalue weighted by atomic mass is 32.2. The molecule has 1 amide bonds. The molecule has 0 radical (unpaired) electrons. The first kappa shape index (κ1) is 22.4. The van der Waals surface area contributed by atoms with E-state index in [9.17, 15) is 4.79 Å². The van der Waals surface area contributed by atoms with Gasteiger partial charge in [0.15, 0.2) is 0 Å². The Bertz CT molecular complexity index is 1060. The number of thiazole rings is 1. The molecule has 5 nitrogen and oxygen atoms in total. The normalized spacial score (nSPS) is 16.3. The minimum absolute atomic E-state index is 0.131. The standard InChI is InChI=1S/C26H30N4OS2/c1-19-28-21(18-32-19)17-29-15-11-20(12-16-29)26(31)27-13-6-14-30-22-7-2-4-9-24(22)33-25-10-5-3-8-23(25)30/h2-5,7-10,18,20H,6,11-17H2,1H3,(H,27,31). The molecule has 2 aliphatic rings. The molecule has 0 bridgehead atoms. The van der Waals surface area contributed by atoms with Crippen LogP contribution < -0.4 is 10.2 Å². The van der Waals surface area contributed by atoms with Crippen molar-refractivity contribution in [1.29, 1.82) is 0 Å². The van der Waals surface area contributed by atoms with E-state index in [4.69, 9.17) is 0 Å². The van der Waals surface area contributed by atoms with Crippen LogP contribution in [0.1, 0.15) is 30.0 Å². The number of amides is 1. The minimum atomic E-state index is 0.131. The summed E-state index contributed by atoms with van der Waals surface area (Å²) in [6, 6.07) is 17.2. The van der Waals surface area contributed by atoms with Crippen molar-refractivity contribution in [2.45, 2.75) is 42.5 Å². The Morgan fingerprint density at radius 1 is 1.06 bits per heavy atom. The molecule has 2 aromatic carbocycles. The van der Waals surface area contributed by atoms with Crippen LogP contribution in [0.15, 0.2) is 63.7 Å². The first-order valence-electron chi connectivity index (χ1n) is 11.7. The van der Waals surface area contributed by atoms with E-state index in [1.165, 1.54) is 21.2 Å². The lowest BCUT2D eigenvalue weighted by Crippen LogP contribution is -2.40. The molecule has 3 aromatic rings. The molecule has 1 saturated heterocycles. The van der Waals surface area contributed by atoms with Crippen molar-refractivity contribution in [2.24, 2.45) is 5.92 Å². The largest absolute Gasteiger partial charge is 0.356 e. The Hall–Kier alpha value is -2.35. The highest BCUT2D eigenvalue weighted by Gasteiger charge is 2.26. The third kappa shape index (κ3) is 5.26. The maximum absolute atomic E-state index is 12.8. The molecule has 0 saturated carbocycles. The fraction of sp³-hybridized carbons (Fsp3) is 0.385. The molecule has 0 atom stereocenters. The van der Waals surface area contributed by atoms with Crippen molar-refractivity contribution in [1.82, 2.24) is 15.2 Å². The van der Waals surface area contributed by atoms with Gasteiger partial charge in [-0.3, -0.25) is 9.69 Å². The molecular formula is C26H30N4OS2. The van der Waals surface area contributed by atoms with E-state index >= 15 is 0 Å². The topological polar surface area (TPSA) is 48.5 Å². The number of para-hydroxylation sites is 2. The quantitative estimate of drug-likeness (QED) is 0.456. The zero-order valence-corrected chi connectivity index (χ0v) is 20.6. The van der Waals surface area contributed by atoms with Crippen LogP contribution >= 0.6 is 23.1 Å². The SMILES string of the molecule is Cc1nc(CN2CCC(C(=O)NCCCN3c4ccccc4Sc4ccccc43)CC2)cs1. The number of aromatic nitrogens is 1. The molecule has 1 N–H and O–H groups in total. The summed E-state index contributed by atoms with van der Waals surface area (Å²) in [4.78, 5) is 24.7. The van der Waals surface area contributed by atoms with Crippen LogP contribution in [0.2, 0.25) is 0 Å². The van der Waals surface area contributed by atoms with Crippen molar-refractivity contribution < 1.29 is 4.79 Å². The number of nitrogens with one attached hydrogen (secondary N) is 1. The number of piperidine rings is 1. The van der Waals surface area contributed by atoms with Gasteiger partial charge in [-0.05, 0) is 63.5 Å². The summed E-state index contributed by atoms with van der Waals surface area (Å²) in [7, 11) is 0. The summed E-state index contributed by atoms with van der Waals surface area (Å²) >= 11 is 3.54. The predicted octanol–water partition coefficient (Wildman–Crippen LogP) is 5.47. The van der Waals surface area contributed by atoms with E-state index < -0.39 is 0 Å². The Labute approximate surface area is 204 Å². The number of likely N-dealkylation sites (tertiary alicyclic amines) is 1. The number of aryl methyl sites for hydroxylation is 1. The van der Waals surface area contributed by atoms with E-state index in [0.29, 0.717) is 6.54 Å². The molecule has 0 spiro atoms. The van der Waals surface area contributed by atoms with Gasteiger partial charge in [-0.15, -0.1) is 11.3 Å². The van der Waals surface area contributed by atoms with Crippen LogP contribution in [-0.4, -0.2) is 42.0 Å². The monoisotopic (exact) mass is 478 g/mol. The molecule has 1 aromatic heterocycles. The van der Waals surface area contributed by atoms with Gasteiger partial charge in [0.25, 0.3) is 0 Å². The van der Waals surface area contributed by atoms with Gasteiger partial charge in [-0.1, -0.05) is 36.0 Å². The number of rotatable bonds is 7. The van der Waals surface area contributed by atoms with Crippen LogP contribution in [0.25, 0.3) is 0 Å². The van der Waals surface area contributed by atoms with Gasteiger partial charge >= 0.3 is 0 Å². The Morgan fingerprint density at radius 2 is 1.73 bits per heavy atom. The van der Waals surface area contributed by atoms with Crippen LogP contribution in [-0.2, 0) is 11.3 Å². The number of fused-ring (bicyclic) bond motifs is 2. The third-order valence-electron chi connectivity index (χ3n) is 6.40. The van der Waals surface area contributed by atoms with Gasteiger partial charge in [0.05, 0.1) is 22.1 Å². The average molecular weight is 479 g/mol. The lowest BCUT2D eigenvalue weighted by atomic mass is 9.96. The molecule has 0 aliphatic carbocycles. The van der Waals surface area contributed by atoms with Crippen molar-refractivity contribution in [3.05, 3.63) is 64.6 Å². The number of anilines is 2. The minimum Gasteiger partial charge on any atom is -0.356 e. The van der Waals surface area contributed by atoms with E-state index in [1.54, 1.807) is 11.3 Å². The average Bonchev–Trinajstić information content (AvgIpc) is 3.25. The summed E-state index contributed by atoms with van der Waals surface area (Å²) in [5.74, 6) is 0.348. The number of nitrogens with zero attached hydrogens (tertiary/aromatic N) is 3. The third-order valence-corrected chi connectivity index (χ3v) is 8.35.